The maximum atomic E-state index is 3.48. The molecule has 0 aromatic heterocycles. The van der Waals surface area contributed by atoms with Crippen molar-refractivity contribution in [3.63, 3.8) is 0 Å². The molecule has 0 radical (unpaired) electrons. The van der Waals surface area contributed by atoms with Crippen molar-refractivity contribution in [3.8, 4) is 0 Å². The van der Waals surface area contributed by atoms with Crippen molar-refractivity contribution in [1.82, 2.24) is 10.2 Å². The summed E-state index contributed by atoms with van der Waals surface area (Å²) in [6.45, 7) is 10.2. The second kappa shape index (κ2) is 5.41. The molecule has 1 unspecified atom stereocenters. The van der Waals surface area contributed by atoms with Crippen LogP contribution in [0.4, 0.5) is 0 Å². The lowest BCUT2D eigenvalue weighted by Crippen LogP contribution is -2.50. The lowest BCUT2D eigenvalue weighted by atomic mass is 9.86. The van der Waals surface area contributed by atoms with E-state index < -0.39 is 0 Å². The molecular weight excluding hydrogens is 220 g/mol. The van der Waals surface area contributed by atoms with Gasteiger partial charge in [-0.3, -0.25) is 0 Å². The van der Waals surface area contributed by atoms with Crippen LogP contribution in [0.25, 0.3) is 0 Å². The van der Waals surface area contributed by atoms with E-state index in [9.17, 15) is 0 Å². The van der Waals surface area contributed by atoms with Crippen LogP contribution < -0.4 is 5.32 Å². The molecule has 2 nitrogen and oxygen atoms in total. The van der Waals surface area contributed by atoms with Gasteiger partial charge in [0, 0.05) is 25.7 Å². The highest BCUT2D eigenvalue weighted by Crippen LogP contribution is 2.22. The van der Waals surface area contributed by atoms with Crippen molar-refractivity contribution in [3.05, 3.63) is 35.4 Å². The fraction of sp³-hybridized carbons (Fsp3) is 0.625. The second-order valence-corrected chi connectivity index (χ2v) is 6.49. The lowest BCUT2D eigenvalue weighted by molar-refractivity contribution is 0.199. The summed E-state index contributed by atoms with van der Waals surface area (Å²) >= 11 is 0. The minimum Gasteiger partial charge on any atom is -0.314 e. The molecule has 1 aliphatic heterocycles. The average molecular weight is 246 g/mol. The van der Waals surface area contributed by atoms with Crippen LogP contribution in [0.15, 0.2) is 24.3 Å². The summed E-state index contributed by atoms with van der Waals surface area (Å²) in [7, 11) is 2.23. The summed E-state index contributed by atoms with van der Waals surface area (Å²) in [6, 6.07) is 9.79. The SMILES string of the molecule is CN1CCNCC1Cc1ccc(C(C)(C)C)cc1. The molecule has 0 saturated carbocycles. The number of likely N-dealkylation sites (N-methyl/N-ethyl adjacent to an activating group) is 1. The van der Waals surface area contributed by atoms with Gasteiger partial charge in [0.2, 0.25) is 0 Å². The molecule has 1 fully saturated rings. The molecule has 1 aromatic rings. The molecule has 100 valence electrons. The normalized spacial score (nSPS) is 22.1. The average Bonchev–Trinajstić information content (AvgIpc) is 2.32. The van der Waals surface area contributed by atoms with Crippen LogP contribution in [0.5, 0.6) is 0 Å². The Morgan fingerprint density at radius 1 is 1.22 bits per heavy atom. The molecule has 1 atom stereocenters. The molecule has 0 aliphatic carbocycles. The van der Waals surface area contributed by atoms with Crippen LogP contribution in [0.1, 0.15) is 31.9 Å². The van der Waals surface area contributed by atoms with Crippen molar-refractivity contribution in [2.24, 2.45) is 0 Å². The third-order valence-electron chi connectivity index (χ3n) is 3.94. The standard InChI is InChI=1S/C16H26N2/c1-16(2,3)14-7-5-13(6-8-14)11-15-12-17-9-10-18(15)4/h5-8,15,17H,9-12H2,1-4H3. The summed E-state index contributed by atoms with van der Waals surface area (Å²) in [5, 5.41) is 3.48. The quantitative estimate of drug-likeness (QED) is 0.862. The number of nitrogens with zero attached hydrogens (tertiary/aromatic N) is 1. The topological polar surface area (TPSA) is 15.3 Å². The molecule has 0 spiro atoms. The van der Waals surface area contributed by atoms with E-state index in [0.717, 1.165) is 26.1 Å². The van der Waals surface area contributed by atoms with Crippen molar-refractivity contribution in [2.75, 3.05) is 26.7 Å². The minimum atomic E-state index is 0.252. The van der Waals surface area contributed by atoms with E-state index in [-0.39, 0.29) is 5.41 Å². The van der Waals surface area contributed by atoms with Gasteiger partial charge in [-0.25, -0.2) is 0 Å². The number of rotatable bonds is 2. The Kier molecular flexibility index (Phi) is 4.08. The van der Waals surface area contributed by atoms with Crippen LogP contribution in [-0.2, 0) is 11.8 Å². The van der Waals surface area contributed by atoms with Crippen LogP contribution in [0, 0.1) is 0 Å². The maximum absolute atomic E-state index is 3.48. The van der Waals surface area contributed by atoms with Gasteiger partial charge >= 0.3 is 0 Å². The van der Waals surface area contributed by atoms with E-state index in [0.29, 0.717) is 6.04 Å². The summed E-state index contributed by atoms with van der Waals surface area (Å²) in [6.07, 6.45) is 1.15. The van der Waals surface area contributed by atoms with Gasteiger partial charge in [-0.1, -0.05) is 45.0 Å². The first-order valence-corrected chi connectivity index (χ1v) is 6.97. The lowest BCUT2D eigenvalue weighted by Gasteiger charge is -2.33. The summed E-state index contributed by atoms with van der Waals surface area (Å²) in [5.74, 6) is 0. The zero-order chi connectivity index (χ0) is 13.2. The number of piperazine rings is 1. The third-order valence-corrected chi connectivity index (χ3v) is 3.94. The van der Waals surface area contributed by atoms with Gasteiger partial charge in [0.05, 0.1) is 0 Å². The van der Waals surface area contributed by atoms with Crippen molar-refractivity contribution >= 4 is 0 Å². The van der Waals surface area contributed by atoms with Crippen molar-refractivity contribution < 1.29 is 0 Å². The van der Waals surface area contributed by atoms with E-state index >= 15 is 0 Å². The van der Waals surface area contributed by atoms with E-state index in [1.165, 1.54) is 11.1 Å². The predicted molar refractivity (Wildman–Crippen MR) is 78.1 cm³/mol. The molecule has 2 heteroatoms. The van der Waals surface area contributed by atoms with Gasteiger partial charge < -0.3 is 10.2 Å². The summed E-state index contributed by atoms with van der Waals surface area (Å²) in [4.78, 5) is 2.47. The Labute approximate surface area is 111 Å². The minimum absolute atomic E-state index is 0.252. The Bertz CT molecular complexity index is 375. The number of nitrogens with one attached hydrogen (secondary N) is 1. The highest BCUT2D eigenvalue weighted by atomic mass is 15.2. The maximum Gasteiger partial charge on any atom is 0.0258 e. The fourth-order valence-electron chi connectivity index (χ4n) is 2.50. The van der Waals surface area contributed by atoms with E-state index in [4.69, 9.17) is 0 Å². The van der Waals surface area contributed by atoms with E-state index in [2.05, 4.69) is 62.3 Å². The predicted octanol–water partition coefficient (Wildman–Crippen LogP) is 2.43. The van der Waals surface area contributed by atoms with Gasteiger partial charge in [0.15, 0.2) is 0 Å². The van der Waals surface area contributed by atoms with Crippen molar-refractivity contribution in [2.45, 2.75) is 38.6 Å². The molecule has 18 heavy (non-hydrogen) atoms. The van der Waals surface area contributed by atoms with Gasteiger partial charge in [-0.05, 0) is 30.0 Å². The number of hydrogen-bond donors (Lipinski definition) is 1. The van der Waals surface area contributed by atoms with E-state index in [1.54, 1.807) is 0 Å². The van der Waals surface area contributed by atoms with Crippen LogP contribution in [0.2, 0.25) is 0 Å². The Balaban J connectivity index is 2.02. The summed E-state index contributed by atoms with van der Waals surface area (Å²) < 4.78 is 0. The highest BCUT2D eigenvalue weighted by molar-refractivity contribution is 5.28. The van der Waals surface area contributed by atoms with E-state index in [1.807, 2.05) is 0 Å². The second-order valence-electron chi connectivity index (χ2n) is 6.49. The first kappa shape index (κ1) is 13.6. The third kappa shape index (κ3) is 3.33. The first-order valence-electron chi connectivity index (χ1n) is 6.97. The smallest absolute Gasteiger partial charge is 0.0258 e. The highest BCUT2D eigenvalue weighted by Gasteiger charge is 2.19. The first-order chi connectivity index (χ1) is 8.47. The van der Waals surface area contributed by atoms with Crippen LogP contribution in [0.3, 0.4) is 0 Å². The largest absolute Gasteiger partial charge is 0.314 e. The Morgan fingerprint density at radius 2 is 1.89 bits per heavy atom. The molecule has 1 aliphatic rings. The Morgan fingerprint density at radius 3 is 2.44 bits per heavy atom. The van der Waals surface area contributed by atoms with Crippen LogP contribution >= 0.6 is 0 Å². The molecule has 1 saturated heterocycles. The van der Waals surface area contributed by atoms with Gasteiger partial charge in [0.25, 0.3) is 0 Å². The van der Waals surface area contributed by atoms with Gasteiger partial charge in [0.1, 0.15) is 0 Å². The molecule has 0 amide bonds. The molecule has 1 heterocycles. The summed E-state index contributed by atoms with van der Waals surface area (Å²) in [5.41, 5.74) is 3.12. The molecular formula is C16H26N2. The molecule has 2 rings (SSSR count). The van der Waals surface area contributed by atoms with Crippen molar-refractivity contribution in [1.29, 1.82) is 0 Å². The zero-order valence-corrected chi connectivity index (χ0v) is 12.2. The van der Waals surface area contributed by atoms with Gasteiger partial charge in [-0.15, -0.1) is 0 Å². The molecule has 1 N–H and O–H groups in total. The van der Waals surface area contributed by atoms with Gasteiger partial charge in [-0.2, -0.15) is 0 Å². The number of benzene rings is 1. The fourth-order valence-corrected chi connectivity index (χ4v) is 2.50. The monoisotopic (exact) mass is 246 g/mol. The zero-order valence-electron chi connectivity index (χ0n) is 12.2. The Hall–Kier alpha value is -0.860. The molecule has 0 bridgehead atoms. The molecule has 1 aromatic carbocycles. The van der Waals surface area contributed by atoms with Crippen LogP contribution in [-0.4, -0.2) is 37.6 Å². The number of hydrogen-bond acceptors (Lipinski definition) is 2.